The number of imide groups is 2. The molecule has 9 nitrogen and oxygen atoms in total. The van der Waals surface area contributed by atoms with Crippen molar-refractivity contribution in [3.63, 3.8) is 0 Å². The lowest BCUT2D eigenvalue weighted by Gasteiger charge is -2.50. The van der Waals surface area contributed by atoms with Crippen LogP contribution in [0.1, 0.15) is 0 Å². The van der Waals surface area contributed by atoms with Gasteiger partial charge in [-0.3, -0.25) is 24.4 Å². The molecule has 2 fully saturated rings. The van der Waals surface area contributed by atoms with Gasteiger partial charge in [0.15, 0.2) is 0 Å². The molecular formula is C10H15N5O4. The zero-order chi connectivity index (χ0) is 14.7. The summed E-state index contributed by atoms with van der Waals surface area (Å²) in [6, 6.07) is -1.87. The summed E-state index contributed by atoms with van der Waals surface area (Å²) < 4.78 is 0. The average molecular weight is 269 g/mol. The third kappa shape index (κ3) is 1.19. The summed E-state index contributed by atoms with van der Waals surface area (Å²) in [6.45, 7) is 0. The van der Waals surface area contributed by atoms with Crippen LogP contribution in [0.25, 0.3) is 0 Å². The van der Waals surface area contributed by atoms with Crippen molar-refractivity contribution in [2.24, 2.45) is 0 Å². The Morgan fingerprint density at radius 2 is 0.947 bits per heavy atom. The molecule has 2 aliphatic heterocycles. The maximum absolute atomic E-state index is 12.4. The monoisotopic (exact) mass is 269 g/mol. The van der Waals surface area contributed by atoms with E-state index in [4.69, 9.17) is 0 Å². The molecule has 0 aliphatic carbocycles. The molecule has 19 heavy (non-hydrogen) atoms. The van der Waals surface area contributed by atoms with Gasteiger partial charge >= 0.3 is 18.1 Å². The Hall–Kier alpha value is -2.32. The fourth-order valence-electron chi connectivity index (χ4n) is 2.57. The van der Waals surface area contributed by atoms with E-state index in [2.05, 4.69) is 0 Å². The molecule has 9 heteroatoms. The van der Waals surface area contributed by atoms with Crippen molar-refractivity contribution in [1.82, 2.24) is 24.5 Å². The number of amides is 7. The van der Waals surface area contributed by atoms with Gasteiger partial charge in [-0.15, -0.1) is 0 Å². The van der Waals surface area contributed by atoms with Crippen LogP contribution in [0, 0.1) is 0 Å². The third-order valence-corrected chi connectivity index (χ3v) is 3.72. The highest BCUT2D eigenvalue weighted by atomic mass is 16.2. The number of urea groups is 3. The van der Waals surface area contributed by atoms with Crippen molar-refractivity contribution in [3.8, 4) is 0 Å². The number of hydrogen-bond acceptors (Lipinski definition) is 4. The Morgan fingerprint density at radius 3 is 1.26 bits per heavy atom. The van der Waals surface area contributed by atoms with Crippen LogP contribution in [-0.4, -0.2) is 89.5 Å². The molecule has 0 radical (unpaired) electrons. The summed E-state index contributed by atoms with van der Waals surface area (Å²) in [4.78, 5) is 53.4. The maximum Gasteiger partial charge on any atom is 0.331 e. The third-order valence-electron chi connectivity index (χ3n) is 3.72. The van der Waals surface area contributed by atoms with Gasteiger partial charge in [-0.05, 0) is 0 Å². The van der Waals surface area contributed by atoms with Crippen LogP contribution in [0.5, 0.6) is 0 Å². The lowest BCUT2D eigenvalue weighted by Crippen LogP contribution is -2.77. The van der Waals surface area contributed by atoms with Crippen molar-refractivity contribution in [2.75, 3.05) is 35.2 Å². The molecule has 7 amide bonds. The zero-order valence-corrected chi connectivity index (χ0v) is 11.4. The largest absolute Gasteiger partial charge is 0.331 e. The summed E-state index contributed by atoms with van der Waals surface area (Å²) in [5.74, 6) is -2.37. The number of carbonyl (C=O) groups excluding carboxylic acids is 4. The second kappa shape index (κ2) is 3.59. The fraction of sp³-hybridized carbons (Fsp3) is 0.600. The molecule has 0 bridgehead atoms. The second-order valence-electron chi connectivity index (χ2n) is 4.58. The topological polar surface area (TPSA) is 84.5 Å². The first-order valence-corrected chi connectivity index (χ1v) is 5.54. The van der Waals surface area contributed by atoms with Crippen LogP contribution in [0.15, 0.2) is 0 Å². The van der Waals surface area contributed by atoms with Gasteiger partial charge in [-0.1, -0.05) is 0 Å². The molecule has 0 aromatic rings. The molecule has 0 saturated carbocycles. The highest BCUT2D eigenvalue weighted by Gasteiger charge is 2.66. The van der Waals surface area contributed by atoms with E-state index >= 15 is 0 Å². The fourth-order valence-corrected chi connectivity index (χ4v) is 2.57. The first-order chi connectivity index (χ1) is 8.68. The van der Waals surface area contributed by atoms with E-state index in [1.165, 1.54) is 35.2 Å². The quantitative estimate of drug-likeness (QED) is 0.540. The summed E-state index contributed by atoms with van der Waals surface area (Å²) in [7, 11) is 6.76. The maximum atomic E-state index is 12.4. The molecule has 2 heterocycles. The number of hydrogen-bond donors (Lipinski definition) is 0. The van der Waals surface area contributed by atoms with Gasteiger partial charge < -0.3 is 0 Å². The molecule has 104 valence electrons. The molecule has 0 N–H and O–H groups in total. The SMILES string of the molecule is CN1C(=O)N(C)C2(C(=O)N(C)C(=O)N2C)N(C)C1=O. The van der Waals surface area contributed by atoms with Gasteiger partial charge in [0, 0.05) is 35.2 Å². The van der Waals surface area contributed by atoms with Gasteiger partial charge in [0.1, 0.15) is 0 Å². The van der Waals surface area contributed by atoms with Gasteiger partial charge in [-0.2, -0.15) is 0 Å². The smallest absolute Gasteiger partial charge is 0.278 e. The van der Waals surface area contributed by atoms with Crippen LogP contribution in [0.2, 0.25) is 0 Å². The molecule has 0 aromatic heterocycles. The summed E-state index contributed by atoms with van der Waals surface area (Å²) in [6.07, 6.45) is 0. The van der Waals surface area contributed by atoms with Crippen LogP contribution in [0.4, 0.5) is 14.4 Å². The van der Waals surface area contributed by atoms with Crippen molar-refractivity contribution in [3.05, 3.63) is 0 Å². The molecule has 1 spiro atoms. The van der Waals surface area contributed by atoms with E-state index in [9.17, 15) is 19.2 Å². The predicted molar refractivity (Wildman–Crippen MR) is 62.7 cm³/mol. The molecule has 2 rings (SSSR count). The number of nitrogens with zero attached hydrogens (tertiary/aromatic N) is 5. The Balaban J connectivity index is 2.64. The van der Waals surface area contributed by atoms with Crippen LogP contribution < -0.4 is 0 Å². The first kappa shape index (κ1) is 13.1. The molecule has 0 atom stereocenters. The summed E-state index contributed by atoms with van der Waals surface area (Å²) >= 11 is 0. The lowest BCUT2D eigenvalue weighted by atomic mass is 10.2. The van der Waals surface area contributed by atoms with Crippen molar-refractivity contribution in [1.29, 1.82) is 0 Å². The Bertz CT molecular complexity index is 482. The van der Waals surface area contributed by atoms with Crippen molar-refractivity contribution >= 4 is 24.0 Å². The molecule has 0 aromatic carbocycles. The van der Waals surface area contributed by atoms with Gasteiger partial charge in [0.2, 0.25) is 0 Å². The number of rotatable bonds is 0. The minimum absolute atomic E-state index is 0.575. The van der Waals surface area contributed by atoms with E-state index in [1.54, 1.807) is 0 Å². The zero-order valence-electron chi connectivity index (χ0n) is 11.4. The van der Waals surface area contributed by atoms with Crippen LogP contribution >= 0.6 is 0 Å². The van der Waals surface area contributed by atoms with Crippen molar-refractivity contribution < 1.29 is 19.2 Å². The van der Waals surface area contributed by atoms with Gasteiger partial charge in [-0.25, -0.2) is 19.3 Å². The predicted octanol–water partition coefficient (Wildman–Crippen LogP) is -0.787. The standard InChI is InChI=1S/C10H15N5O4/c1-11-6(16)10(13(3)7(11)17)14(4)8(18)12(2)9(19)15(10)5/h1-5H3. The number of carbonyl (C=O) groups is 4. The van der Waals surface area contributed by atoms with E-state index in [0.717, 1.165) is 24.5 Å². The lowest BCUT2D eigenvalue weighted by molar-refractivity contribution is -0.154. The Labute approximate surface area is 109 Å². The van der Waals surface area contributed by atoms with Crippen LogP contribution in [0.3, 0.4) is 0 Å². The minimum atomic E-state index is -1.73. The van der Waals surface area contributed by atoms with Gasteiger partial charge in [0.25, 0.3) is 11.7 Å². The summed E-state index contributed by atoms with van der Waals surface area (Å²) in [5.41, 5.74) is 0. The highest BCUT2D eigenvalue weighted by molar-refractivity contribution is 6.11. The summed E-state index contributed by atoms with van der Waals surface area (Å²) in [5, 5.41) is 0. The molecule has 2 aliphatic rings. The minimum Gasteiger partial charge on any atom is -0.278 e. The first-order valence-electron chi connectivity index (χ1n) is 5.54. The van der Waals surface area contributed by atoms with Crippen molar-refractivity contribution in [2.45, 2.75) is 5.79 Å². The van der Waals surface area contributed by atoms with E-state index < -0.39 is 29.8 Å². The average Bonchev–Trinajstić information content (AvgIpc) is 2.56. The van der Waals surface area contributed by atoms with Crippen LogP contribution in [-0.2, 0) is 4.79 Å². The van der Waals surface area contributed by atoms with E-state index in [1.807, 2.05) is 0 Å². The normalized spacial score (nSPS) is 23.3. The molecule has 2 saturated heterocycles. The molecule has 0 unspecified atom stereocenters. The van der Waals surface area contributed by atoms with E-state index in [-0.39, 0.29) is 0 Å². The van der Waals surface area contributed by atoms with Gasteiger partial charge in [0.05, 0.1) is 0 Å². The second-order valence-corrected chi connectivity index (χ2v) is 4.58. The Kier molecular flexibility index (Phi) is 2.48. The molecular weight excluding hydrogens is 254 g/mol. The number of likely N-dealkylation sites (N-methyl/N-ethyl adjacent to an activating group) is 4. The Morgan fingerprint density at radius 1 is 0.632 bits per heavy atom. The highest BCUT2D eigenvalue weighted by Crippen LogP contribution is 2.35. The van der Waals surface area contributed by atoms with E-state index in [0.29, 0.717) is 0 Å².